The maximum absolute atomic E-state index is 12.8. The average molecular weight is 521 g/mol. The lowest BCUT2D eigenvalue weighted by atomic mass is 10.00. The Morgan fingerprint density at radius 2 is 1.64 bits per heavy atom. The van der Waals surface area contributed by atoms with Gasteiger partial charge in [0, 0.05) is 31.0 Å². The number of carbonyl (C=O) groups is 1. The van der Waals surface area contributed by atoms with Crippen LogP contribution >= 0.6 is 0 Å². The molecule has 0 saturated heterocycles. The second kappa shape index (κ2) is 13.6. The summed E-state index contributed by atoms with van der Waals surface area (Å²) in [4.78, 5) is 17.9. The molecule has 0 aliphatic heterocycles. The lowest BCUT2D eigenvalue weighted by Crippen LogP contribution is -2.20. The van der Waals surface area contributed by atoms with E-state index in [4.69, 9.17) is 5.11 Å². The molecule has 36 heavy (non-hydrogen) atoms. The lowest BCUT2D eigenvalue weighted by Gasteiger charge is -2.16. The first-order valence-electron chi connectivity index (χ1n) is 9.93. The van der Waals surface area contributed by atoms with E-state index in [0.29, 0.717) is 12.8 Å². The Morgan fingerprint density at radius 3 is 2.08 bits per heavy atom. The number of aliphatic hydroxyl groups is 2. The minimum absolute atomic E-state index is 0.0445. The summed E-state index contributed by atoms with van der Waals surface area (Å²) in [7, 11) is 2.72. The Hall–Kier alpha value is -3.42. The van der Waals surface area contributed by atoms with Crippen molar-refractivity contribution in [2.75, 3.05) is 14.2 Å². The molecule has 0 radical (unpaired) electrons. The quantitative estimate of drug-likeness (QED) is 0.332. The number of nitrogens with zero attached hydrogens (tertiary/aromatic N) is 2. The van der Waals surface area contributed by atoms with E-state index in [-0.39, 0.29) is 16.8 Å². The van der Waals surface area contributed by atoms with Gasteiger partial charge in [0.25, 0.3) is 0 Å². The van der Waals surface area contributed by atoms with Gasteiger partial charge in [0.1, 0.15) is 17.8 Å². The topological polar surface area (TPSA) is 95.3 Å². The van der Waals surface area contributed by atoms with Gasteiger partial charge >= 0.3 is 12.4 Å². The van der Waals surface area contributed by atoms with E-state index in [9.17, 15) is 40.6 Å². The van der Waals surface area contributed by atoms with Crippen LogP contribution in [0.5, 0.6) is 0 Å². The Kier molecular flexibility index (Phi) is 11.6. The summed E-state index contributed by atoms with van der Waals surface area (Å²) < 4.78 is 86.5. The largest absolute Gasteiger partial charge is 0.433 e. The SMILES string of the molecule is CNCc1ccc(C(F)(F)F)nc1.CO.O=Cc1cc(-c2ccc(F)cn2)cc(C(O)C(F)(F)F)c1. The number of alkyl halides is 6. The van der Waals surface area contributed by atoms with Crippen LogP contribution in [0.1, 0.15) is 33.3 Å². The fourth-order valence-corrected chi connectivity index (χ4v) is 2.69. The molecule has 196 valence electrons. The van der Waals surface area contributed by atoms with Crippen LogP contribution in [-0.2, 0) is 12.7 Å². The molecule has 0 amide bonds. The highest BCUT2D eigenvalue weighted by Crippen LogP contribution is 2.34. The first-order valence-corrected chi connectivity index (χ1v) is 9.93. The van der Waals surface area contributed by atoms with Gasteiger partial charge in [-0.3, -0.25) is 14.8 Å². The van der Waals surface area contributed by atoms with Crippen LogP contribution in [-0.4, -0.2) is 46.8 Å². The highest BCUT2D eigenvalue weighted by molar-refractivity contribution is 5.79. The number of hydrogen-bond acceptors (Lipinski definition) is 6. The Morgan fingerprint density at radius 1 is 0.972 bits per heavy atom. The fraction of sp³-hybridized carbons (Fsp3) is 0.261. The molecule has 3 rings (SSSR count). The molecule has 0 spiro atoms. The molecule has 2 heterocycles. The maximum atomic E-state index is 12.8. The molecule has 6 nitrogen and oxygen atoms in total. The molecular formula is C23H22F7N3O3. The minimum Gasteiger partial charge on any atom is -0.400 e. The van der Waals surface area contributed by atoms with Gasteiger partial charge in [-0.2, -0.15) is 26.3 Å². The normalized spacial score (nSPS) is 12.0. The highest BCUT2D eigenvalue weighted by atomic mass is 19.4. The van der Waals surface area contributed by atoms with Crippen molar-refractivity contribution in [1.82, 2.24) is 15.3 Å². The third kappa shape index (κ3) is 9.32. The van der Waals surface area contributed by atoms with E-state index in [2.05, 4.69) is 15.3 Å². The summed E-state index contributed by atoms with van der Waals surface area (Å²) in [5.74, 6) is -0.596. The van der Waals surface area contributed by atoms with Crippen molar-refractivity contribution in [3.8, 4) is 11.3 Å². The molecule has 3 aromatic rings. The molecule has 2 aromatic heterocycles. The van der Waals surface area contributed by atoms with E-state index in [1.807, 2.05) is 0 Å². The molecule has 1 unspecified atom stereocenters. The van der Waals surface area contributed by atoms with Crippen LogP contribution in [0.4, 0.5) is 30.7 Å². The zero-order valence-corrected chi connectivity index (χ0v) is 18.9. The predicted molar refractivity (Wildman–Crippen MR) is 116 cm³/mol. The molecule has 13 heteroatoms. The molecule has 1 atom stereocenters. The van der Waals surface area contributed by atoms with Crippen molar-refractivity contribution in [3.63, 3.8) is 0 Å². The Bertz CT molecular complexity index is 1090. The van der Waals surface area contributed by atoms with Crippen LogP contribution in [0, 0.1) is 5.82 Å². The van der Waals surface area contributed by atoms with Gasteiger partial charge in [0.15, 0.2) is 6.10 Å². The third-order valence-electron chi connectivity index (χ3n) is 4.26. The molecule has 0 fully saturated rings. The van der Waals surface area contributed by atoms with Crippen LogP contribution in [0.25, 0.3) is 11.3 Å². The van der Waals surface area contributed by atoms with Crippen LogP contribution in [0.15, 0.2) is 54.9 Å². The van der Waals surface area contributed by atoms with E-state index in [0.717, 1.165) is 43.1 Å². The van der Waals surface area contributed by atoms with E-state index in [1.54, 1.807) is 7.05 Å². The number of nitrogens with one attached hydrogen (secondary N) is 1. The zero-order chi connectivity index (χ0) is 27.5. The number of carbonyl (C=O) groups excluding carboxylic acids is 1. The summed E-state index contributed by atoms with van der Waals surface area (Å²) >= 11 is 0. The van der Waals surface area contributed by atoms with Crippen LogP contribution in [0.3, 0.4) is 0 Å². The smallest absolute Gasteiger partial charge is 0.400 e. The number of benzene rings is 1. The van der Waals surface area contributed by atoms with Crippen molar-refractivity contribution in [3.05, 3.63) is 83.1 Å². The second-order valence-corrected chi connectivity index (χ2v) is 6.89. The number of pyridine rings is 2. The van der Waals surface area contributed by atoms with Gasteiger partial charge in [-0.1, -0.05) is 6.07 Å². The molecule has 0 bridgehead atoms. The van der Waals surface area contributed by atoms with Gasteiger partial charge in [-0.05, 0) is 54.6 Å². The first-order chi connectivity index (χ1) is 16.8. The summed E-state index contributed by atoms with van der Waals surface area (Å²) in [6, 6.07) is 8.06. The first kappa shape index (κ1) is 30.6. The van der Waals surface area contributed by atoms with E-state index < -0.39 is 35.5 Å². The van der Waals surface area contributed by atoms with Crippen molar-refractivity contribution >= 4 is 6.29 Å². The van der Waals surface area contributed by atoms with Crippen molar-refractivity contribution in [1.29, 1.82) is 0 Å². The van der Waals surface area contributed by atoms with Gasteiger partial charge < -0.3 is 15.5 Å². The number of aliphatic hydroxyl groups excluding tert-OH is 2. The minimum atomic E-state index is -4.85. The van der Waals surface area contributed by atoms with Crippen molar-refractivity contribution in [2.45, 2.75) is 25.0 Å². The van der Waals surface area contributed by atoms with Gasteiger partial charge in [-0.25, -0.2) is 4.39 Å². The summed E-state index contributed by atoms with van der Waals surface area (Å²) in [6.45, 7) is 0.519. The number of halogens is 7. The lowest BCUT2D eigenvalue weighted by molar-refractivity contribution is -0.206. The average Bonchev–Trinajstić information content (AvgIpc) is 2.85. The fourth-order valence-electron chi connectivity index (χ4n) is 2.69. The Labute approximate surface area is 201 Å². The standard InChI is InChI=1S/C14H9F4NO2.C8H9F3N2.CH4O/c15-11-1-2-12(19-6-11)9-3-8(7-20)4-10(5-9)13(21)14(16,17)18;1-12-4-6-2-3-7(13-5-6)8(9,10)11;1-2/h1-7,13,21H;2-3,5,12H,4H2,1H3;2H,1H3. The number of aldehydes is 1. The summed E-state index contributed by atoms with van der Waals surface area (Å²) in [5, 5.41) is 19.1. The summed E-state index contributed by atoms with van der Waals surface area (Å²) in [5.41, 5.74) is -0.276. The van der Waals surface area contributed by atoms with Crippen molar-refractivity contribution in [2.24, 2.45) is 0 Å². The molecule has 0 saturated carbocycles. The molecule has 0 aliphatic carbocycles. The van der Waals surface area contributed by atoms with Crippen LogP contribution in [0.2, 0.25) is 0 Å². The third-order valence-corrected chi connectivity index (χ3v) is 4.26. The Balaban J connectivity index is 0.000000371. The van der Waals surface area contributed by atoms with Gasteiger partial charge in [0.05, 0.1) is 11.9 Å². The van der Waals surface area contributed by atoms with E-state index in [1.165, 1.54) is 24.4 Å². The number of aromatic nitrogens is 2. The molecular weight excluding hydrogens is 499 g/mol. The van der Waals surface area contributed by atoms with Gasteiger partial charge in [0.2, 0.25) is 0 Å². The number of hydrogen-bond donors (Lipinski definition) is 3. The molecule has 1 aromatic carbocycles. The second-order valence-electron chi connectivity index (χ2n) is 6.89. The van der Waals surface area contributed by atoms with Gasteiger partial charge in [-0.15, -0.1) is 0 Å². The van der Waals surface area contributed by atoms with E-state index >= 15 is 0 Å². The monoisotopic (exact) mass is 521 g/mol. The summed E-state index contributed by atoms with van der Waals surface area (Å²) in [6.07, 6.45) is -9.42. The van der Waals surface area contributed by atoms with Crippen LogP contribution < -0.4 is 5.32 Å². The predicted octanol–water partition coefficient (Wildman–Crippen LogP) is 4.72. The molecule has 0 aliphatic rings. The highest BCUT2D eigenvalue weighted by Gasteiger charge is 2.39. The van der Waals surface area contributed by atoms with Crippen molar-refractivity contribution < 1.29 is 45.7 Å². The molecule has 3 N–H and O–H groups in total. The maximum Gasteiger partial charge on any atom is 0.433 e. The zero-order valence-electron chi connectivity index (χ0n) is 18.9. The number of rotatable bonds is 5.